The van der Waals surface area contributed by atoms with Gasteiger partial charge in [-0.25, -0.2) is 4.79 Å². The number of aromatic nitrogens is 1. The van der Waals surface area contributed by atoms with Crippen LogP contribution in [0.3, 0.4) is 0 Å². The Morgan fingerprint density at radius 1 is 1.18 bits per heavy atom. The van der Waals surface area contributed by atoms with Gasteiger partial charge < -0.3 is 9.47 Å². The molecule has 0 unspecified atom stereocenters. The summed E-state index contributed by atoms with van der Waals surface area (Å²) in [5.74, 6) is 0.717. The fourth-order valence-corrected chi connectivity index (χ4v) is 1.99. The fourth-order valence-electron chi connectivity index (χ4n) is 1.99. The number of aldehydes is 1. The lowest BCUT2D eigenvalue weighted by atomic mass is 10.1. The largest absolute Gasteiger partial charge is 0.497 e. The molecule has 1 heterocycles. The van der Waals surface area contributed by atoms with E-state index in [1.165, 1.54) is 10.8 Å². The molecule has 0 amide bonds. The number of ether oxygens (including phenoxy) is 2. The molecule has 0 bridgehead atoms. The third-order valence-electron chi connectivity index (χ3n) is 2.95. The monoisotopic (exact) mass is 301 g/mol. The van der Waals surface area contributed by atoms with Crippen molar-refractivity contribution in [3.8, 4) is 17.0 Å². The second-order valence-electron chi connectivity index (χ2n) is 5.86. The number of rotatable bonds is 3. The number of benzene rings is 1. The van der Waals surface area contributed by atoms with E-state index in [1.807, 2.05) is 12.1 Å². The maximum Gasteiger partial charge on any atom is 0.419 e. The lowest BCUT2D eigenvalue weighted by molar-refractivity contribution is 0.0540. The summed E-state index contributed by atoms with van der Waals surface area (Å²) in [6.07, 6.45) is 1.65. The molecule has 1 aromatic carbocycles. The molecule has 0 spiro atoms. The first-order valence-corrected chi connectivity index (χ1v) is 6.89. The molecular formula is C17H19NO4. The molecule has 1 aromatic heterocycles. The van der Waals surface area contributed by atoms with E-state index in [0.29, 0.717) is 17.5 Å². The van der Waals surface area contributed by atoms with Gasteiger partial charge in [0, 0.05) is 11.8 Å². The van der Waals surface area contributed by atoms with Crippen molar-refractivity contribution in [1.29, 1.82) is 0 Å². The quantitative estimate of drug-likeness (QED) is 0.810. The molecule has 0 N–H and O–H groups in total. The summed E-state index contributed by atoms with van der Waals surface area (Å²) in [4.78, 5) is 23.3. The Balaban J connectivity index is 2.43. The smallest absolute Gasteiger partial charge is 0.419 e. The van der Waals surface area contributed by atoms with Crippen LogP contribution in [0, 0.1) is 0 Å². The van der Waals surface area contributed by atoms with Crippen LogP contribution in [0.25, 0.3) is 11.3 Å². The number of methoxy groups -OCH3 is 1. The van der Waals surface area contributed by atoms with Crippen molar-refractivity contribution in [2.45, 2.75) is 26.4 Å². The van der Waals surface area contributed by atoms with Gasteiger partial charge in [0.15, 0.2) is 6.29 Å². The zero-order valence-corrected chi connectivity index (χ0v) is 13.1. The van der Waals surface area contributed by atoms with Gasteiger partial charge in [-0.05, 0) is 56.7 Å². The summed E-state index contributed by atoms with van der Waals surface area (Å²) < 4.78 is 11.8. The van der Waals surface area contributed by atoms with Crippen LogP contribution >= 0.6 is 0 Å². The number of hydrogen-bond donors (Lipinski definition) is 0. The van der Waals surface area contributed by atoms with E-state index in [0.717, 1.165) is 11.3 Å². The Hall–Kier alpha value is -2.56. The summed E-state index contributed by atoms with van der Waals surface area (Å²) in [6.45, 7) is 5.38. The SMILES string of the molecule is COc1ccc(-c2cc(C=O)cn2C(=O)OC(C)(C)C)cc1. The maximum atomic E-state index is 12.3. The summed E-state index contributed by atoms with van der Waals surface area (Å²) >= 11 is 0. The van der Waals surface area contributed by atoms with Gasteiger partial charge >= 0.3 is 6.09 Å². The van der Waals surface area contributed by atoms with Crippen LogP contribution in [0.15, 0.2) is 36.5 Å². The molecule has 22 heavy (non-hydrogen) atoms. The zero-order valence-electron chi connectivity index (χ0n) is 13.1. The zero-order chi connectivity index (χ0) is 16.3. The highest BCUT2D eigenvalue weighted by atomic mass is 16.6. The predicted molar refractivity (Wildman–Crippen MR) is 83.4 cm³/mol. The first-order chi connectivity index (χ1) is 10.3. The lowest BCUT2D eigenvalue weighted by Gasteiger charge is -2.20. The molecule has 2 rings (SSSR count). The van der Waals surface area contributed by atoms with Gasteiger partial charge in [0.1, 0.15) is 11.4 Å². The van der Waals surface area contributed by atoms with Crippen molar-refractivity contribution >= 4 is 12.4 Å². The number of nitrogens with zero attached hydrogens (tertiary/aromatic N) is 1. The van der Waals surface area contributed by atoms with E-state index in [4.69, 9.17) is 9.47 Å². The molecular weight excluding hydrogens is 282 g/mol. The molecule has 0 saturated carbocycles. The molecule has 0 atom stereocenters. The van der Waals surface area contributed by atoms with E-state index in [9.17, 15) is 9.59 Å². The van der Waals surface area contributed by atoms with Crippen molar-refractivity contribution in [1.82, 2.24) is 4.57 Å². The van der Waals surface area contributed by atoms with Gasteiger partial charge in [0.25, 0.3) is 0 Å². The maximum absolute atomic E-state index is 12.3. The molecule has 0 aliphatic heterocycles. The third kappa shape index (κ3) is 3.55. The second-order valence-corrected chi connectivity index (χ2v) is 5.86. The fraction of sp³-hybridized carbons (Fsp3) is 0.294. The molecule has 0 aliphatic carbocycles. The van der Waals surface area contributed by atoms with Gasteiger partial charge in [-0.15, -0.1) is 0 Å². The molecule has 0 aliphatic rings. The van der Waals surface area contributed by atoms with Crippen LogP contribution in [0.4, 0.5) is 4.79 Å². The molecule has 5 nitrogen and oxygen atoms in total. The van der Waals surface area contributed by atoms with E-state index < -0.39 is 11.7 Å². The van der Waals surface area contributed by atoms with Crippen molar-refractivity contribution < 1.29 is 19.1 Å². The Kier molecular flexibility index (Phi) is 4.35. The minimum Gasteiger partial charge on any atom is -0.497 e. The Bertz CT molecular complexity index is 678. The number of hydrogen-bond acceptors (Lipinski definition) is 4. The van der Waals surface area contributed by atoms with Crippen LogP contribution in [-0.2, 0) is 4.74 Å². The first kappa shape index (κ1) is 15.8. The van der Waals surface area contributed by atoms with E-state index in [1.54, 1.807) is 46.1 Å². The Labute approximate surface area is 129 Å². The summed E-state index contributed by atoms with van der Waals surface area (Å²) in [5, 5.41) is 0. The third-order valence-corrected chi connectivity index (χ3v) is 2.95. The van der Waals surface area contributed by atoms with Gasteiger partial charge in [0.05, 0.1) is 12.8 Å². The summed E-state index contributed by atoms with van der Waals surface area (Å²) in [6, 6.07) is 8.89. The Morgan fingerprint density at radius 2 is 1.82 bits per heavy atom. The lowest BCUT2D eigenvalue weighted by Crippen LogP contribution is -2.27. The van der Waals surface area contributed by atoms with Crippen LogP contribution in [0.1, 0.15) is 31.1 Å². The van der Waals surface area contributed by atoms with Gasteiger partial charge in [-0.2, -0.15) is 0 Å². The highest BCUT2D eigenvalue weighted by Crippen LogP contribution is 2.25. The number of carbonyl (C=O) groups is 2. The Morgan fingerprint density at radius 3 is 2.32 bits per heavy atom. The van der Waals surface area contributed by atoms with Gasteiger partial charge in [-0.1, -0.05) is 0 Å². The first-order valence-electron chi connectivity index (χ1n) is 6.89. The van der Waals surface area contributed by atoms with Crippen molar-refractivity contribution in [3.63, 3.8) is 0 Å². The van der Waals surface area contributed by atoms with Crippen molar-refractivity contribution in [2.75, 3.05) is 7.11 Å². The summed E-state index contributed by atoms with van der Waals surface area (Å²) in [5.41, 5.74) is 1.19. The van der Waals surface area contributed by atoms with Crippen LogP contribution in [0.2, 0.25) is 0 Å². The highest BCUT2D eigenvalue weighted by Gasteiger charge is 2.21. The molecule has 5 heteroatoms. The molecule has 2 aromatic rings. The van der Waals surface area contributed by atoms with Crippen LogP contribution in [-0.4, -0.2) is 29.7 Å². The van der Waals surface area contributed by atoms with Gasteiger partial charge in [0.2, 0.25) is 0 Å². The van der Waals surface area contributed by atoms with E-state index in [-0.39, 0.29) is 0 Å². The predicted octanol–water partition coefficient (Wildman–Crippen LogP) is 3.76. The highest BCUT2D eigenvalue weighted by molar-refractivity contribution is 5.85. The summed E-state index contributed by atoms with van der Waals surface area (Å²) in [7, 11) is 1.59. The molecule has 116 valence electrons. The number of carbonyl (C=O) groups excluding carboxylic acids is 2. The topological polar surface area (TPSA) is 57.5 Å². The average Bonchev–Trinajstić information content (AvgIpc) is 2.90. The van der Waals surface area contributed by atoms with Crippen LogP contribution < -0.4 is 4.74 Å². The average molecular weight is 301 g/mol. The van der Waals surface area contributed by atoms with E-state index >= 15 is 0 Å². The van der Waals surface area contributed by atoms with Crippen molar-refractivity contribution in [3.05, 3.63) is 42.1 Å². The van der Waals surface area contributed by atoms with Gasteiger partial charge in [-0.3, -0.25) is 9.36 Å². The van der Waals surface area contributed by atoms with Crippen LogP contribution in [0.5, 0.6) is 5.75 Å². The van der Waals surface area contributed by atoms with Crippen molar-refractivity contribution in [2.24, 2.45) is 0 Å². The normalized spacial score (nSPS) is 11.1. The second kappa shape index (κ2) is 6.05. The molecule has 0 fully saturated rings. The molecule has 0 saturated heterocycles. The minimum atomic E-state index is -0.611. The van der Waals surface area contributed by atoms with E-state index in [2.05, 4.69) is 0 Å². The minimum absolute atomic E-state index is 0.414. The molecule has 0 radical (unpaired) electrons. The standard InChI is InChI=1S/C17H19NO4/c1-17(2,3)22-16(20)18-10-12(11-19)9-15(18)13-5-7-14(21-4)8-6-13/h5-11H,1-4H3.